The molecule has 1 saturated carbocycles. The third kappa shape index (κ3) is 4.07. The van der Waals surface area contributed by atoms with Gasteiger partial charge in [-0.25, -0.2) is 0 Å². The molecule has 1 aliphatic rings. The van der Waals surface area contributed by atoms with Crippen molar-refractivity contribution in [2.75, 3.05) is 14.2 Å². The minimum absolute atomic E-state index is 0.0902. The van der Waals surface area contributed by atoms with Crippen molar-refractivity contribution in [1.29, 1.82) is 0 Å². The van der Waals surface area contributed by atoms with Crippen LogP contribution in [0.3, 0.4) is 0 Å². The number of carbonyl (C=O) groups excluding carboxylic acids is 1. The van der Waals surface area contributed by atoms with Crippen LogP contribution in [0.5, 0.6) is 17.2 Å². The Morgan fingerprint density at radius 1 is 1.08 bits per heavy atom. The minimum atomic E-state index is -0.0902. The Labute approximate surface area is 147 Å². The van der Waals surface area contributed by atoms with Crippen LogP contribution < -0.4 is 19.5 Å². The highest BCUT2D eigenvalue weighted by molar-refractivity contribution is 5.93. The van der Waals surface area contributed by atoms with Crippen molar-refractivity contribution in [3.8, 4) is 17.2 Å². The van der Waals surface area contributed by atoms with Gasteiger partial charge in [0.1, 0.15) is 6.26 Å². The fourth-order valence-corrected chi connectivity index (χ4v) is 3.12. The first-order valence-corrected chi connectivity index (χ1v) is 8.42. The predicted molar refractivity (Wildman–Crippen MR) is 92.4 cm³/mol. The molecule has 0 radical (unpaired) electrons. The fourth-order valence-electron chi connectivity index (χ4n) is 3.12. The SMILES string of the molecule is COc1cccc(OC2CCC(NC(=O)c3ccoc3)CC2)c1OC. The molecule has 1 fully saturated rings. The number of hydrogen-bond donors (Lipinski definition) is 1. The topological polar surface area (TPSA) is 69.9 Å². The molecule has 0 spiro atoms. The van der Waals surface area contributed by atoms with Crippen molar-refractivity contribution in [1.82, 2.24) is 5.32 Å². The first-order chi connectivity index (χ1) is 12.2. The normalized spacial score (nSPS) is 19.9. The van der Waals surface area contributed by atoms with Crippen molar-refractivity contribution < 1.29 is 23.4 Å². The fraction of sp³-hybridized carbons (Fsp3) is 0.421. The number of furan rings is 1. The van der Waals surface area contributed by atoms with E-state index in [-0.39, 0.29) is 18.1 Å². The van der Waals surface area contributed by atoms with Gasteiger partial charge in [0.25, 0.3) is 5.91 Å². The average molecular weight is 345 g/mol. The third-order valence-electron chi connectivity index (χ3n) is 4.45. The minimum Gasteiger partial charge on any atom is -0.493 e. The summed E-state index contributed by atoms with van der Waals surface area (Å²) >= 11 is 0. The van der Waals surface area contributed by atoms with E-state index < -0.39 is 0 Å². The largest absolute Gasteiger partial charge is 0.493 e. The first-order valence-electron chi connectivity index (χ1n) is 8.42. The number of methoxy groups -OCH3 is 2. The van der Waals surface area contributed by atoms with Crippen LogP contribution in [0.4, 0.5) is 0 Å². The molecule has 1 amide bonds. The third-order valence-corrected chi connectivity index (χ3v) is 4.45. The summed E-state index contributed by atoms with van der Waals surface area (Å²) in [5, 5.41) is 3.05. The van der Waals surface area contributed by atoms with Crippen molar-refractivity contribution in [3.63, 3.8) is 0 Å². The summed E-state index contributed by atoms with van der Waals surface area (Å²) in [5.41, 5.74) is 0.555. The van der Waals surface area contributed by atoms with Crippen molar-refractivity contribution in [2.45, 2.75) is 37.8 Å². The molecular formula is C19H23NO5. The van der Waals surface area contributed by atoms with Gasteiger partial charge >= 0.3 is 0 Å². The second kappa shape index (κ2) is 7.96. The monoisotopic (exact) mass is 345 g/mol. The van der Waals surface area contributed by atoms with Gasteiger partial charge in [0.2, 0.25) is 5.75 Å². The van der Waals surface area contributed by atoms with E-state index in [0.29, 0.717) is 22.8 Å². The number of para-hydroxylation sites is 1. The standard InChI is InChI=1S/C19H23NO5/c1-22-16-4-3-5-17(18(16)23-2)25-15-8-6-14(7-9-15)20-19(21)13-10-11-24-12-13/h3-5,10-12,14-15H,6-9H2,1-2H3,(H,20,21). The van der Waals surface area contributed by atoms with Gasteiger partial charge in [-0.3, -0.25) is 4.79 Å². The van der Waals surface area contributed by atoms with E-state index in [0.717, 1.165) is 25.7 Å². The van der Waals surface area contributed by atoms with Gasteiger partial charge in [0, 0.05) is 6.04 Å². The van der Waals surface area contributed by atoms with E-state index >= 15 is 0 Å². The molecule has 6 nitrogen and oxygen atoms in total. The molecule has 1 aliphatic carbocycles. The van der Waals surface area contributed by atoms with Crippen molar-refractivity contribution >= 4 is 5.91 Å². The molecule has 0 bridgehead atoms. The van der Waals surface area contributed by atoms with Crippen LogP contribution in [0.2, 0.25) is 0 Å². The Balaban J connectivity index is 1.54. The summed E-state index contributed by atoms with van der Waals surface area (Å²) in [6, 6.07) is 7.43. The molecule has 0 saturated heterocycles. The molecule has 1 aromatic heterocycles. The highest BCUT2D eigenvalue weighted by atomic mass is 16.5. The number of nitrogens with one attached hydrogen (secondary N) is 1. The number of benzene rings is 1. The Kier molecular flexibility index (Phi) is 5.48. The summed E-state index contributed by atoms with van der Waals surface area (Å²) in [5.74, 6) is 1.86. The molecular weight excluding hydrogens is 322 g/mol. The van der Waals surface area contributed by atoms with Gasteiger partial charge < -0.3 is 23.9 Å². The van der Waals surface area contributed by atoms with E-state index in [1.54, 1.807) is 20.3 Å². The molecule has 6 heteroatoms. The van der Waals surface area contributed by atoms with Gasteiger partial charge in [-0.15, -0.1) is 0 Å². The van der Waals surface area contributed by atoms with E-state index in [4.69, 9.17) is 18.6 Å². The van der Waals surface area contributed by atoms with Crippen molar-refractivity contribution in [3.05, 3.63) is 42.4 Å². The van der Waals surface area contributed by atoms with Gasteiger partial charge in [0.05, 0.1) is 32.2 Å². The molecule has 1 aromatic carbocycles. The highest BCUT2D eigenvalue weighted by Gasteiger charge is 2.25. The molecule has 1 heterocycles. The maximum Gasteiger partial charge on any atom is 0.254 e. The number of ether oxygens (including phenoxy) is 3. The summed E-state index contributed by atoms with van der Waals surface area (Å²) < 4.78 is 21.8. The predicted octanol–water partition coefficient (Wildman–Crippen LogP) is 3.42. The molecule has 25 heavy (non-hydrogen) atoms. The second-order valence-corrected chi connectivity index (χ2v) is 6.07. The Hall–Kier alpha value is -2.63. The van der Waals surface area contributed by atoms with Gasteiger partial charge in [-0.1, -0.05) is 6.07 Å². The molecule has 0 unspecified atom stereocenters. The van der Waals surface area contributed by atoms with E-state index in [2.05, 4.69) is 5.32 Å². The zero-order chi connectivity index (χ0) is 17.6. The van der Waals surface area contributed by atoms with Crippen molar-refractivity contribution in [2.24, 2.45) is 0 Å². The highest BCUT2D eigenvalue weighted by Crippen LogP contribution is 2.38. The number of hydrogen-bond acceptors (Lipinski definition) is 5. The maximum absolute atomic E-state index is 12.1. The van der Waals surface area contributed by atoms with Gasteiger partial charge in [-0.2, -0.15) is 0 Å². The lowest BCUT2D eigenvalue weighted by Crippen LogP contribution is -2.39. The summed E-state index contributed by atoms with van der Waals surface area (Å²) in [6.07, 6.45) is 6.55. The first kappa shape index (κ1) is 17.2. The lowest BCUT2D eigenvalue weighted by Gasteiger charge is -2.30. The molecule has 3 rings (SSSR count). The quantitative estimate of drug-likeness (QED) is 0.869. The molecule has 2 aromatic rings. The van der Waals surface area contributed by atoms with Crippen LogP contribution in [-0.4, -0.2) is 32.3 Å². The Bertz CT molecular complexity index is 690. The van der Waals surface area contributed by atoms with E-state index in [9.17, 15) is 4.79 Å². The van der Waals surface area contributed by atoms with Crippen LogP contribution in [0.15, 0.2) is 41.2 Å². The lowest BCUT2D eigenvalue weighted by molar-refractivity contribution is 0.0890. The molecule has 134 valence electrons. The van der Waals surface area contributed by atoms with E-state index in [1.807, 2.05) is 18.2 Å². The molecule has 0 atom stereocenters. The second-order valence-electron chi connectivity index (χ2n) is 6.07. The van der Waals surface area contributed by atoms with Crippen LogP contribution in [0.1, 0.15) is 36.0 Å². The van der Waals surface area contributed by atoms with E-state index in [1.165, 1.54) is 12.5 Å². The smallest absolute Gasteiger partial charge is 0.254 e. The van der Waals surface area contributed by atoms with Gasteiger partial charge in [0.15, 0.2) is 11.5 Å². The van der Waals surface area contributed by atoms with Crippen LogP contribution in [0, 0.1) is 0 Å². The van der Waals surface area contributed by atoms with Crippen LogP contribution >= 0.6 is 0 Å². The summed E-state index contributed by atoms with van der Waals surface area (Å²) in [6.45, 7) is 0. The zero-order valence-corrected chi connectivity index (χ0v) is 14.5. The van der Waals surface area contributed by atoms with Crippen LogP contribution in [0.25, 0.3) is 0 Å². The zero-order valence-electron chi connectivity index (χ0n) is 14.5. The molecule has 1 N–H and O–H groups in total. The van der Waals surface area contributed by atoms with Crippen LogP contribution in [-0.2, 0) is 0 Å². The van der Waals surface area contributed by atoms with Gasteiger partial charge in [-0.05, 0) is 43.9 Å². The Morgan fingerprint density at radius 2 is 1.84 bits per heavy atom. The average Bonchev–Trinajstić information content (AvgIpc) is 3.18. The number of amides is 1. The number of carbonyl (C=O) groups is 1. The lowest BCUT2D eigenvalue weighted by atomic mass is 9.92. The number of rotatable bonds is 6. The summed E-state index contributed by atoms with van der Waals surface area (Å²) in [4.78, 5) is 12.1. The maximum atomic E-state index is 12.1. The Morgan fingerprint density at radius 3 is 2.48 bits per heavy atom. The molecule has 0 aliphatic heterocycles. The summed E-state index contributed by atoms with van der Waals surface area (Å²) in [7, 11) is 3.21.